The second-order valence-electron chi connectivity index (χ2n) is 6.49. The summed E-state index contributed by atoms with van der Waals surface area (Å²) in [5.41, 5.74) is 11.1. The van der Waals surface area contributed by atoms with Crippen molar-refractivity contribution >= 4 is 36.4 Å². The van der Waals surface area contributed by atoms with Gasteiger partial charge >= 0.3 is 34.1 Å². The molecule has 2 heterocycles. The van der Waals surface area contributed by atoms with Crippen LogP contribution in [0.2, 0.25) is 0 Å². The molecule has 1 aromatic rings. The summed E-state index contributed by atoms with van der Waals surface area (Å²) >= 11 is 0. The van der Waals surface area contributed by atoms with E-state index in [1.807, 2.05) is 0 Å². The van der Waals surface area contributed by atoms with E-state index in [0.717, 1.165) is 13.8 Å². The summed E-state index contributed by atoms with van der Waals surface area (Å²) in [5.74, 6) is -5.37. The number of imidazole rings is 1. The zero-order chi connectivity index (χ0) is 26.8. The summed E-state index contributed by atoms with van der Waals surface area (Å²) in [7, 11) is 0. The number of aliphatic carboxylic acids is 4. The van der Waals surface area contributed by atoms with Crippen LogP contribution in [0.3, 0.4) is 0 Å². The van der Waals surface area contributed by atoms with Gasteiger partial charge in [0.1, 0.15) is 6.34 Å². The van der Waals surface area contributed by atoms with Crippen molar-refractivity contribution in [3.8, 4) is 0 Å². The number of aliphatic hydroxyl groups excluding tert-OH is 2. The Morgan fingerprint density at radius 1 is 0.944 bits per heavy atom. The fraction of sp³-hybridized carbons (Fsp3) is 0.500. The average Bonchev–Trinajstić information content (AvgIpc) is 3.43. The third-order valence-corrected chi connectivity index (χ3v) is 3.36. The van der Waals surface area contributed by atoms with Gasteiger partial charge < -0.3 is 66.3 Å². The van der Waals surface area contributed by atoms with Crippen LogP contribution < -0.4 is 31.9 Å². The first kappa shape index (κ1) is 40.5. The predicted octanol–water partition coefficient (Wildman–Crippen LogP) is -7.81. The Kier molecular flexibility index (Phi) is 25.6. The zero-order valence-electron chi connectivity index (χ0n) is 19.0. The van der Waals surface area contributed by atoms with Crippen LogP contribution in [0.1, 0.15) is 26.0 Å². The maximum absolute atomic E-state index is 10.2. The molecule has 0 fully saturated rings. The van der Waals surface area contributed by atoms with E-state index in [1.54, 1.807) is 6.21 Å². The van der Waals surface area contributed by atoms with Gasteiger partial charge in [-0.2, -0.15) is 0 Å². The number of H-pyrrole nitrogens is 1. The Balaban J connectivity index is -0.000000194. The number of carbonyl (C=O) groups excluding carboxylic acids is 4. The molecule has 1 aromatic heterocycles. The van der Waals surface area contributed by atoms with Crippen LogP contribution in [-0.2, 0) is 59.7 Å². The Labute approximate surface area is 226 Å². The molecule has 0 spiro atoms. The molecule has 36 heavy (non-hydrogen) atoms. The molecule has 16 nitrogen and oxygen atoms in total. The molecule has 2 radical (unpaired) electrons. The number of nitrogens with zero attached hydrogens (tertiary/aromatic N) is 3. The third kappa shape index (κ3) is 23.1. The van der Waals surface area contributed by atoms with E-state index in [1.165, 1.54) is 18.9 Å². The molecule has 1 aliphatic heterocycles. The van der Waals surface area contributed by atoms with Gasteiger partial charge in [-0.25, -0.2) is 9.98 Å². The van der Waals surface area contributed by atoms with Gasteiger partial charge in [0.2, 0.25) is 0 Å². The Morgan fingerprint density at radius 3 is 1.67 bits per heavy atom. The van der Waals surface area contributed by atoms with Gasteiger partial charge in [0.15, 0.2) is 0 Å². The molecule has 0 saturated heterocycles. The minimum atomic E-state index is -1.44. The topological polar surface area (TPSA) is 306 Å². The summed E-state index contributed by atoms with van der Waals surface area (Å²) in [6.07, 6.45) is 3.73. The maximum Gasteiger partial charge on any atom is 2.00 e. The molecule has 0 bridgehead atoms. The monoisotopic (exact) mass is 596 g/mol. The van der Waals surface area contributed by atoms with Crippen LogP contribution >= 0.6 is 0 Å². The van der Waals surface area contributed by atoms with Crippen molar-refractivity contribution in [1.29, 1.82) is 0 Å². The van der Waals surface area contributed by atoms with Crippen LogP contribution in [0.25, 0.3) is 0 Å². The standard InChI is InChI=1S/2C6H9N3O2.2C3H6O3.2Mn/c2*7-5(6(10)11)1-4-2-8-3-9-4;2*1-2(4)3(5)6;;/h2-3,5H,1,7H2,(H,8,9)(H,10,11);2-5H,1,7H2,(H,10,11);2*2,4H,1H3,(H,5,6);;/q;;;;2*+2/p-4/t5-;4?,5-;;;;/m00..../s1. The third-order valence-electron chi connectivity index (χ3n) is 3.36. The smallest absolute Gasteiger partial charge is 0.548 e. The molecule has 3 unspecified atom stereocenters. The van der Waals surface area contributed by atoms with Crippen molar-refractivity contribution in [2.75, 3.05) is 0 Å². The van der Waals surface area contributed by atoms with Crippen molar-refractivity contribution in [3.05, 3.63) is 18.2 Å². The number of nitrogens with one attached hydrogen (secondary N) is 1. The number of hydrogen-bond acceptors (Lipinski definition) is 15. The molecular weight excluding hydrogens is 570 g/mol. The number of aromatic amines is 1. The predicted molar refractivity (Wildman–Crippen MR) is 107 cm³/mol. The summed E-state index contributed by atoms with van der Waals surface area (Å²) in [6.45, 7) is 2.27. The zero-order valence-corrected chi connectivity index (χ0v) is 21.4. The first-order chi connectivity index (χ1) is 15.7. The van der Waals surface area contributed by atoms with Gasteiger partial charge in [-0.3, -0.25) is 4.99 Å². The number of nitrogens with two attached hydrogens (primary N) is 2. The molecule has 18 heteroatoms. The number of aromatic nitrogens is 2. The summed E-state index contributed by atoms with van der Waals surface area (Å²) in [4.78, 5) is 53.0. The molecule has 1 aliphatic rings. The van der Waals surface area contributed by atoms with Crippen molar-refractivity contribution in [2.45, 2.75) is 57.0 Å². The molecule has 0 saturated carbocycles. The molecule has 202 valence electrons. The van der Waals surface area contributed by atoms with Crippen LogP contribution in [0.15, 0.2) is 22.5 Å². The normalized spacial score (nSPS) is 15.8. The van der Waals surface area contributed by atoms with Crippen LogP contribution in [0, 0.1) is 0 Å². The van der Waals surface area contributed by atoms with Crippen molar-refractivity contribution in [3.63, 3.8) is 0 Å². The minimum Gasteiger partial charge on any atom is -0.548 e. The summed E-state index contributed by atoms with van der Waals surface area (Å²) < 4.78 is 0. The number of carboxylic acid groups (broad SMARTS) is 4. The quantitative estimate of drug-likeness (QED) is 0.174. The molecule has 7 N–H and O–H groups in total. The van der Waals surface area contributed by atoms with Crippen molar-refractivity contribution < 1.29 is 84.0 Å². The fourth-order valence-electron chi connectivity index (χ4n) is 1.50. The summed E-state index contributed by atoms with van der Waals surface area (Å²) in [6, 6.07) is -2.11. The van der Waals surface area contributed by atoms with Gasteiger partial charge in [0.05, 0.1) is 48.5 Å². The Hall–Kier alpha value is -2.69. The molecule has 0 amide bonds. The van der Waals surface area contributed by atoms with E-state index < -0.39 is 48.2 Å². The minimum absolute atomic E-state index is 0. The number of hydrogen-bond donors (Lipinski definition) is 5. The van der Waals surface area contributed by atoms with Gasteiger partial charge in [-0.1, -0.05) is 0 Å². The average molecular weight is 596 g/mol. The maximum atomic E-state index is 10.2. The molecule has 2 rings (SSSR count). The second kappa shape index (κ2) is 22.8. The van der Waals surface area contributed by atoms with E-state index in [9.17, 15) is 39.6 Å². The number of rotatable bonds is 8. The SMILES string of the molecule is CC(O)C(=O)[O-].CC(O)C(=O)[O-].N[C@@H](CC1C=NC=N1)C(=O)[O-].N[C@@H](Cc1cnc[nH]1)C(=O)[O-].[Mn+2].[Mn+2]. The van der Waals surface area contributed by atoms with Gasteiger partial charge in [-0.05, 0) is 20.3 Å². The van der Waals surface area contributed by atoms with E-state index in [4.69, 9.17) is 21.7 Å². The number of aliphatic imine (C=N–C) groups is 2. The van der Waals surface area contributed by atoms with Gasteiger partial charge in [0, 0.05) is 36.6 Å². The first-order valence-corrected chi connectivity index (χ1v) is 9.41. The number of carboxylic acids is 4. The number of aliphatic hydroxyl groups is 2. The van der Waals surface area contributed by atoms with Crippen LogP contribution in [-0.4, -0.2) is 86.9 Å². The Bertz CT molecular complexity index is 791. The Morgan fingerprint density at radius 2 is 1.39 bits per heavy atom. The second-order valence-corrected chi connectivity index (χ2v) is 6.49. The molecule has 5 atom stereocenters. The van der Waals surface area contributed by atoms with Crippen LogP contribution in [0.5, 0.6) is 0 Å². The van der Waals surface area contributed by atoms with Crippen LogP contribution in [0.4, 0.5) is 0 Å². The molecule has 0 aliphatic carbocycles. The number of carbonyl (C=O) groups is 4. The molecule has 0 aromatic carbocycles. The van der Waals surface area contributed by atoms with E-state index in [-0.39, 0.29) is 53.0 Å². The van der Waals surface area contributed by atoms with Gasteiger partial charge in [0.25, 0.3) is 0 Å². The van der Waals surface area contributed by atoms with E-state index in [0.29, 0.717) is 5.69 Å². The van der Waals surface area contributed by atoms with E-state index in [2.05, 4.69) is 20.0 Å². The fourth-order valence-corrected chi connectivity index (χ4v) is 1.50. The first-order valence-electron chi connectivity index (χ1n) is 9.41. The van der Waals surface area contributed by atoms with Gasteiger partial charge in [-0.15, -0.1) is 0 Å². The van der Waals surface area contributed by atoms with Crippen molar-refractivity contribution in [1.82, 2.24) is 9.97 Å². The molecular formula is C18H26Mn2N6O10. The van der Waals surface area contributed by atoms with Crippen molar-refractivity contribution in [2.24, 2.45) is 21.5 Å². The largest absolute Gasteiger partial charge is 2.00 e. The van der Waals surface area contributed by atoms with E-state index >= 15 is 0 Å². The summed E-state index contributed by atoms with van der Waals surface area (Å²) in [5, 5.41) is 54.9.